The Labute approximate surface area is 104 Å². The van der Waals surface area contributed by atoms with E-state index >= 15 is 0 Å². The van der Waals surface area contributed by atoms with Gasteiger partial charge in [0.15, 0.2) is 5.92 Å². The Morgan fingerprint density at radius 1 is 1.12 bits per heavy atom. The van der Waals surface area contributed by atoms with Crippen molar-refractivity contribution in [2.75, 3.05) is 14.2 Å². The van der Waals surface area contributed by atoms with Crippen LogP contribution in [0, 0.1) is 5.92 Å². The molecule has 0 bridgehead atoms. The molecule has 0 fully saturated rings. The number of carbonyl (C=O) groups excluding carboxylic acids is 2. The van der Waals surface area contributed by atoms with E-state index in [9.17, 15) is 9.59 Å². The molecule has 0 heterocycles. The monoisotopic (exact) mass is 258 g/mol. The molecule has 4 nitrogen and oxygen atoms in total. The lowest BCUT2D eigenvalue weighted by Crippen LogP contribution is -2.28. The molecule has 98 valence electrons. The molecule has 0 amide bonds. The van der Waals surface area contributed by atoms with E-state index in [1.54, 1.807) is 0 Å². The van der Waals surface area contributed by atoms with E-state index in [4.69, 9.17) is 0 Å². The number of methoxy groups -OCH3 is 2. The molecular formula is C12H22O4Si. The first-order valence-electron chi connectivity index (χ1n) is 5.53. The van der Waals surface area contributed by atoms with Gasteiger partial charge in [-0.15, -0.1) is 6.58 Å². The van der Waals surface area contributed by atoms with Gasteiger partial charge in [-0.3, -0.25) is 9.59 Å². The molecule has 0 rings (SSSR count). The molecule has 0 spiro atoms. The SMILES string of the molecule is C=C(CC(C(=O)OC)C(=O)OC)C[Si](C)(C)C. The Kier molecular flexibility index (Phi) is 6.16. The van der Waals surface area contributed by atoms with Crippen molar-refractivity contribution in [3.63, 3.8) is 0 Å². The summed E-state index contributed by atoms with van der Waals surface area (Å²) in [5.41, 5.74) is 0.907. The molecule has 0 radical (unpaired) electrons. The van der Waals surface area contributed by atoms with Crippen LogP contribution in [0.1, 0.15) is 6.42 Å². The normalized spacial score (nSPS) is 11.2. The maximum Gasteiger partial charge on any atom is 0.320 e. The highest BCUT2D eigenvalue weighted by molar-refractivity contribution is 6.76. The molecule has 0 unspecified atom stereocenters. The minimum Gasteiger partial charge on any atom is -0.468 e. The van der Waals surface area contributed by atoms with E-state index < -0.39 is 25.9 Å². The molecule has 0 aromatic carbocycles. The predicted octanol–water partition coefficient (Wildman–Crippen LogP) is 2.23. The highest BCUT2D eigenvalue weighted by atomic mass is 28.3. The summed E-state index contributed by atoms with van der Waals surface area (Å²) in [6.45, 7) is 10.6. The van der Waals surface area contributed by atoms with Crippen molar-refractivity contribution in [3.05, 3.63) is 12.2 Å². The molecule has 17 heavy (non-hydrogen) atoms. The van der Waals surface area contributed by atoms with Gasteiger partial charge in [0.2, 0.25) is 0 Å². The molecule has 0 atom stereocenters. The van der Waals surface area contributed by atoms with E-state index in [0.717, 1.165) is 11.6 Å². The van der Waals surface area contributed by atoms with Crippen molar-refractivity contribution in [1.82, 2.24) is 0 Å². The van der Waals surface area contributed by atoms with Crippen molar-refractivity contribution in [2.45, 2.75) is 32.1 Å². The zero-order valence-corrected chi connectivity index (χ0v) is 12.3. The molecule has 0 aromatic heterocycles. The highest BCUT2D eigenvalue weighted by Crippen LogP contribution is 2.22. The fourth-order valence-electron chi connectivity index (χ4n) is 1.66. The Morgan fingerprint density at radius 3 is 1.82 bits per heavy atom. The largest absolute Gasteiger partial charge is 0.468 e. The zero-order chi connectivity index (χ0) is 13.6. The molecule has 0 aliphatic rings. The maximum atomic E-state index is 11.5. The van der Waals surface area contributed by atoms with E-state index in [2.05, 4.69) is 35.7 Å². The summed E-state index contributed by atoms with van der Waals surface area (Å²) in [4.78, 5) is 22.9. The van der Waals surface area contributed by atoms with Crippen LogP contribution in [-0.4, -0.2) is 34.2 Å². The smallest absolute Gasteiger partial charge is 0.320 e. The van der Waals surface area contributed by atoms with Crippen LogP contribution in [0.4, 0.5) is 0 Å². The van der Waals surface area contributed by atoms with E-state index in [-0.39, 0.29) is 0 Å². The van der Waals surface area contributed by atoms with Crippen LogP contribution in [0.3, 0.4) is 0 Å². The molecular weight excluding hydrogens is 236 g/mol. The first-order valence-corrected chi connectivity index (χ1v) is 9.24. The highest BCUT2D eigenvalue weighted by Gasteiger charge is 2.30. The van der Waals surface area contributed by atoms with Gasteiger partial charge >= 0.3 is 11.9 Å². The van der Waals surface area contributed by atoms with Crippen LogP contribution in [0.15, 0.2) is 12.2 Å². The van der Waals surface area contributed by atoms with Crippen LogP contribution in [0.5, 0.6) is 0 Å². The van der Waals surface area contributed by atoms with Crippen molar-refractivity contribution < 1.29 is 19.1 Å². The van der Waals surface area contributed by atoms with Gasteiger partial charge in [0, 0.05) is 8.07 Å². The number of hydrogen-bond acceptors (Lipinski definition) is 4. The minimum atomic E-state index is -1.28. The molecule has 0 saturated carbocycles. The van der Waals surface area contributed by atoms with Crippen molar-refractivity contribution in [3.8, 4) is 0 Å². The third-order valence-corrected chi connectivity index (χ3v) is 3.81. The van der Waals surface area contributed by atoms with E-state index in [0.29, 0.717) is 6.42 Å². The van der Waals surface area contributed by atoms with Crippen LogP contribution in [0.25, 0.3) is 0 Å². The average Bonchev–Trinajstić information content (AvgIpc) is 2.21. The van der Waals surface area contributed by atoms with Gasteiger partial charge in [0.1, 0.15) is 0 Å². The Morgan fingerprint density at radius 2 is 1.53 bits per heavy atom. The lowest BCUT2D eigenvalue weighted by atomic mass is 10.0. The number of ether oxygens (including phenoxy) is 2. The van der Waals surface area contributed by atoms with Gasteiger partial charge in [0.25, 0.3) is 0 Å². The van der Waals surface area contributed by atoms with Crippen molar-refractivity contribution in [2.24, 2.45) is 5.92 Å². The molecule has 0 aromatic rings. The second-order valence-corrected chi connectivity index (χ2v) is 10.8. The maximum absolute atomic E-state index is 11.5. The summed E-state index contributed by atoms with van der Waals surface area (Å²) >= 11 is 0. The first kappa shape index (κ1) is 15.9. The van der Waals surface area contributed by atoms with Crippen LogP contribution in [0.2, 0.25) is 25.7 Å². The third-order valence-electron chi connectivity index (χ3n) is 2.24. The predicted molar refractivity (Wildman–Crippen MR) is 69.4 cm³/mol. The number of carbonyl (C=O) groups is 2. The quantitative estimate of drug-likeness (QED) is 0.317. The molecule has 5 heteroatoms. The van der Waals surface area contributed by atoms with Gasteiger partial charge in [0.05, 0.1) is 14.2 Å². The second-order valence-electron chi connectivity index (χ2n) is 5.29. The number of allylic oxidation sites excluding steroid dienone is 1. The first-order chi connectivity index (χ1) is 7.71. The Bertz CT molecular complexity index is 288. The molecule has 0 aliphatic heterocycles. The van der Waals surface area contributed by atoms with Gasteiger partial charge in [-0.1, -0.05) is 25.2 Å². The summed E-state index contributed by atoms with van der Waals surface area (Å²) in [6.07, 6.45) is 0.309. The van der Waals surface area contributed by atoms with Gasteiger partial charge in [-0.05, 0) is 12.5 Å². The van der Waals surface area contributed by atoms with E-state index in [1.165, 1.54) is 14.2 Å². The topological polar surface area (TPSA) is 52.6 Å². The van der Waals surface area contributed by atoms with Crippen LogP contribution < -0.4 is 0 Å². The Hall–Kier alpha value is -1.10. The van der Waals surface area contributed by atoms with Gasteiger partial charge in [-0.25, -0.2) is 0 Å². The van der Waals surface area contributed by atoms with Crippen LogP contribution >= 0.6 is 0 Å². The molecule has 0 saturated heterocycles. The average molecular weight is 258 g/mol. The standard InChI is InChI=1S/C12H22O4Si/c1-9(8-17(4,5)6)7-10(11(13)15-2)12(14)16-3/h10H,1,7-8H2,2-6H3. The molecule has 0 aliphatic carbocycles. The second kappa shape index (κ2) is 6.59. The van der Waals surface area contributed by atoms with Gasteiger partial charge in [-0.2, -0.15) is 0 Å². The van der Waals surface area contributed by atoms with Crippen molar-refractivity contribution in [1.29, 1.82) is 0 Å². The number of esters is 2. The van der Waals surface area contributed by atoms with Crippen molar-refractivity contribution >= 4 is 20.0 Å². The third kappa shape index (κ3) is 6.26. The molecule has 0 N–H and O–H groups in total. The van der Waals surface area contributed by atoms with Crippen LogP contribution in [-0.2, 0) is 19.1 Å². The summed E-state index contributed by atoms with van der Waals surface area (Å²) in [5, 5.41) is 0. The summed E-state index contributed by atoms with van der Waals surface area (Å²) < 4.78 is 9.19. The number of hydrogen-bond donors (Lipinski definition) is 0. The minimum absolute atomic E-state index is 0.309. The summed E-state index contributed by atoms with van der Waals surface area (Å²) in [5.74, 6) is -2.00. The lowest BCUT2D eigenvalue weighted by Gasteiger charge is -2.19. The zero-order valence-electron chi connectivity index (χ0n) is 11.3. The summed E-state index contributed by atoms with van der Waals surface area (Å²) in [7, 11) is 1.25. The summed E-state index contributed by atoms with van der Waals surface area (Å²) in [6, 6.07) is 0.886. The van der Waals surface area contributed by atoms with E-state index in [1.807, 2.05) is 0 Å². The Balaban J connectivity index is 4.60. The fraction of sp³-hybridized carbons (Fsp3) is 0.667. The van der Waals surface area contributed by atoms with Gasteiger partial charge < -0.3 is 9.47 Å². The number of rotatable bonds is 6. The fourth-order valence-corrected chi connectivity index (χ4v) is 3.30. The lowest BCUT2D eigenvalue weighted by molar-refractivity contribution is -0.158.